The van der Waals surface area contributed by atoms with Crippen LogP contribution >= 0.6 is 11.8 Å². The third-order valence-corrected chi connectivity index (χ3v) is 5.62. The number of benzene rings is 1. The smallest absolute Gasteiger partial charge is 0.491 e. The summed E-state index contributed by atoms with van der Waals surface area (Å²) >= 11 is 1.21. The fourth-order valence-electron chi connectivity index (χ4n) is 2.49. The summed E-state index contributed by atoms with van der Waals surface area (Å²) in [5, 5.41) is 0.0290. The quantitative estimate of drug-likeness (QED) is 0.556. The van der Waals surface area contributed by atoms with E-state index in [1.807, 2.05) is 39.8 Å². The Balaban J connectivity index is 2.37. The van der Waals surface area contributed by atoms with Crippen molar-refractivity contribution in [1.82, 2.24) is 0 Å². The molecule has 0 radical (unpaired) electrons. The summed E-state index contributed by atoms with van der Waals surface area (Å²) < 4.78 is 17.5. The van der Waals surface area contributed by atoms with Crippen LogP contribution in [0, 0.1) is 0 Å². The lowest BCUT2D eigenvalue weighted by Gasteiger charge is -2.32. The summed E-state index contributed by atoms with van der Waals surface area (Å²) in [6, 6.07) is 5.32. The van der Waals surface area contributed by atoms with Crippen LogP contribution in [0.2, 0.25) is 0 Å². The van der Waals surface area contributed by atoms with Gasteiger partial charge in [0.05, 0.1) is 23.9 Å². The summed E-state index contributed by atoms with van der Waals surface area (Å²) in [6.07, 6.45) is 2.68. The van der Waals surface area contributed by atoms with Gasteiger partial charge >= 0.3 is 7.12 Å². The first-order chi connectivity index (χ1) is 12.1. The molecule has 0 saturated carbocycles. The van der Waals surface area contributed by atoms with Gasteiger partial charge in [-0.3, -0.25) is 9.59 Å². The van der Waals surface area contributed by atoms with Gasteiger partial charge in [-0.2, -0.15) is 0 Å². The van der Waals surface area contributed by atoms with E-state index in [2.05, 4.69) is 0 Å². The van der Waals surface area contributed by atoms with E-state index in [0.29, 0.717) is 17.1 Å². The van der Waals surface area contributed by atoms with E-state index < -0.39 is 18.3 Å². The van der Waals surface area contributed by atoms with E-state index in [0.717, 1.165) is 17.3 Å². The molecule has 7 heteroatoms. The maximum atomic E-state index is 11.4. The Labute approximate surface area is 159 Å². The first-order valence-corrected chi connectivity index (χ1v) is 9.41. The van der Waals surface area contributed by atoms with Crippen LogP contribution in [-0.2, 0) is 14.1 Å². The van der Waals surface area contributed by atoms with Gasteiger partial charge in [-0.25, -0.2) is 0 Å². The highest BCUT2D eigenvalue weighted by molar-refractivity contribution is 8.13. The topological polar surface area (TPSA) is 61.8 Å². The molecular weight excluding hydrogens is 351 g/mol. The van der Waals surface area contributed by atoms with Gasteiger partial charge < -0.3 is 14.0 Å². The number of carbonyl (C=O) groups excluding carboxylic acids is 2. The molecule has 0 N–H and O–H groups in total. The Hall–Kier alpha value is -1.57. The van der Waals surface area contributed by atoms with Crippen LogP contribution in [0.3, 0.4) is 0 Å². The molecule has 1 fully saturated rings. The molecule has 0 amide bonds. The third kappa shape index (κ3) is 4.58. The van der Waals surface area contributed by atoms with Crippen LogP contribution in [0.25, 0.3) is 6.08 Å². The molecule has 0 atom stereocenters. The molecule has 1 aromatic rings. The Kier molecular flexibility index (Phi) is 6.37. The zero-order chi connectivity index (χ0) is 19.5. The first-order valence-electron chi connectivity index (χ1n) is 8.42. The van der Waals surface area contributed by atoms with Crippen molar-refractivity contribution in [3.05, 3.63) is 34.8 Å². The predicted octanol–water partition coefficient (Wildman–Crippen LogP) is 3.80. The van der Waals surface area contributed by atoms with Crippen molar-refractivity contribution < 1.29 is 23.6 Å². The van der Waals surface area contributed by atoms with Crippen LogP contribution in [-0.4, -0.2) is 42.6 Å². The fraction of sp³-hybridized carbons (Fsp3) is 0.474. The highest BCUT2D eigenvalue weighted by Crippen LogP contribution is 2.39. The standard InChI is InChI=1S/C19H25BO5S/c1-13(22)26-12-16(20-24-18(2,3)19(4,5)25-20)9-14-7-8-15(11-21)17(10-14)23-6/h7-11H,12H2,1-6H3. The van der Waals surface area contributed by atoms with Gasteiger partial charge in [0.1, 0.15) is 5.75 Å². The van der Waals surface area contributed by atoms with Crippen molar-refractivity contribution in [2.75, 3.05) is 12.9 Å². The Morgan fingerprint density at radius 2 is 1.85 bits per heavy atom. The van der Waals surface area contributed by atoms with Crippen molar-refractivity contribution >= 4 is 36.4 Å². The SMILES string of the molecule is COc1cc(C=C(CSC(C)=O)B2OC(C)(C)C(C)(C)O2)ccc1C=O. The van der Waals surface area contributed by atoms with E-state index in [9.17, 15) is 9.59 Å². The van der Waals surface area contributed by atoms with Gasteiger partial charge in [-0.15, -0.1) is 0 Å². The van der Waals surface area contributed by atoms with Crippen molar-refractivity contribution in [2.45, 2.75) is 45.8 Å². The second-order valence-electron chi connectivity index (χ2n) is 7.21. The van der Waals surface area contributed by atoms with Crippen LogP contribution in [0.15, 0.2) is 23.7 Å². The molecule has 26 heavy (non-hydrogen) atoms. The molecule has 0 spiro atoms. The van der Waals surface area contributed by atoms with Gasteiger partial charge in [-0.1, -0.05) is 23.9 Å². The minimum atomic E-state index is -0.538. The molecule has 2 rings (SSSR count). The van der Waals surface area contributed by atoms with Crippen LogP contribution in [0.1, 0.15) is 50.5 Å². The van der Waals surface area contributed by atoms with Crippen molar-refractivity contribution in [1.29, 1.82) is 0 Å². The lowest BCUT2D eigenvalue weighted by Crippen LogP contribution is -2.41. The van der Waals surface area contributed by atoms with E-state index >= 15 is 0 Å². The first kappa shape index (κ1) is 20.7. The highest BCUT2D eigenvalue weighted by atomic mass is 32.2. The van der Waals surface area contributed by atoms with Gasteiger partial charge in [-0.05, 0) is 50.9 Å². The molecule has 1 aliphatic rings. The molecule has 1 heterocycles. The number of carbonyl (C=O) groups is 2. The number of hydrogen-bond acceptors (Lipinski definition) is 6. The van der Waals surface area contributed by atoms with Crippen molar-refractivity contribution in [3.8, 4) is 5.75 Å². The number of rotatable bonds is 6. The van der Waals surface area contributed by atoms with E-state index in [4.69, 9.17) is 14.0 Å². The summed E-state index contributed by atoms with van der Waals surface area (Å²) in [5.74, 6) is 0.963. The number of hydrogen-bond donors (Lipinski definition) is 0. The van der Waals surface area contributed by atoms with Crippen LogP contribution < -0.4 is 4.74 Å². The maximum Gasteiger partial charge on any atom is 0.491 e. The van der Waals surface area contributed by atoms with Gasteiger partial charge in [0.15, 0.2) is 11.4 Å². The largest absolute Gasteiger partial charge is 0.496 e. The molecule has 0 bridgehead atoms. The zero-order valence-corrected chi connectivity index (χ0v) is 16.9. The number of thioether (sulfide) groups is 1. The molecule has 1 aliphatic heterocycles. The van der Waals surface area contributed by atoms with Crippen LogP contribution in [0.4, 0.5) is 0 Å². The van der Waals surface area contributed by atoms with Gasteiger partial charge in [0.25, 0.3) is 0 Å². The monoisotopic (exact) mass is 376 g/mol. The van der Waals surface area contributed by atoms with Crippen LogP contribution in [0.5, 0.6) is 5.75 Å². The molecule has 140 valence electrons. The molecule has 0 aliphatic carbocycles. The van der Waals surface area contributed by atoms with E-state index in [-0.39, 0.29) is 5.12 Å². The number of methoxy groups -OCH3 is 1. The molecular formula is C19H25BO5S. The van der Waals surface area contributed by atoms with Crippen molar-refractivity contribution in [3.63, 3.8) is 0 Å². The third-order valence-electron chi connectivity index (χ3n) is 4.73. The second kappa shape index (κ2) is 7.98. The Bertz CT molecular complexity index is 711. The summed E-state index contributed by atoms with van der Waals surface area (Å²) in [5.41, 5.74) is 1.26. The number of ether oxygens (including phenoxy) is 1. The molecule has 0 aromatic heterocycles. The van der Waals surface area contributed by atoms with Gasteiger partial charge in [0, 0.05) is 12.7 Å². The normalized spacial score (nSPS) is 18.7. The minimum Gasteiger partial charge on any atom is -0.496 e. The summed E-state index contributed by atoms with van der Waals surface area (Å²) in [7, 11) is 0.986. The minimum absolute atomic E-state index is 0.0290. The summed E-state index contributed by atoms with van der Waals surface area (Å²) in [4.78, 5) is 22.5. The second-order valence-corrected chi connectivity index (χ2v) is 8.36. The zero-order valence-electron chi connectivity index (χ0n) is 16.1. The molecule has 0 unspecified atom stereocenters. The molecule has 1 aromatic carbocycles. The average Bonchev–Trinajstić information content (AvgIpc) is 2.78. The molecule has 1 saturated heterocycles. The van der Waals surface area contributed by atoms with Crippen molar-refractivity contribution in [2.24, 2.45) is 0 Å². The lowest BCUT2D eigenvalue weighted by molar-refractivity contribution is -0.109. The fourth-order valence-corrected chi connectivity index (χ4v) is 3.08. The summed E-state index contributed by atoms with van der Waals surface area (Å²) in [6.45, 7) is 9.50. The highest BCUT2D eigenvalue weighted by Gasteiger charge is 2.52. The average molecular weight is 376 g/mol. The molecule has 5 nitrogen and oxygen atoms in total. The lowest BCUT2D eigenvalue weighted by atomic mass is 9.78. The Morgan fingerprint density at radius 3 is 2.35 bits per heavy atom. The predicted molar refractivity (Wildman–Crippen MR) is 106 cm³/mol. The van der Waals surface area contributed by atoms with Gasteiger partial charge in [0.2, 0.25) is 0 Å². The van der Waals surface area contributed by atoms with E-state index in [1.54, 1.807) is 12.1 Å². The Morgan fingerprint density at radius 1 is 1.23 bits per heavy atom. The number of aldehydes is 1. The van der Waals surface area contributed by atoms with E-state index in [1.165, 1.54) is 25.8 Å². The maximum absolute atomic E-state index is 11.4.